The van der Waals surface area contributed by atoms with Crippen molar-refractivity contribution in [2.45, 2.75) is 12.6 Å². The highest BCUT2D eigenvalue weighted by Gasteiger charge is 2.32. The molecule has 0 spiro atoms. The fraction of sp³-hybridized carbons (Fsp3) is 0.286. The zero-order valence-electron chi connectivity index (χ0n) is 10.8. The summed E-state index contributed by atoms with van der Waals surface area (Å²) >= 11 is 3.52. The standard InChI is InChI=1S/C14H14BrN3O2/c15-12-4-2-1-3-11(12)13-14(19)16-6-7-18(13)9-10-5-8-20-17-10/h1-5,8,13H,6-7,9H2,(H,16,19)/t13-/m1/s1. The molecule has 0 unspecified atom stereocenters. The lowest BCUT2D eigenvalue weighted by atomic mass is 10.0. The number of rotatable bonds is 3. The maximum Gasteiger partial charge on any atom is 0.242 e. The molecule has 1 saturated heterocycles. The molecular formula is C14H14BrN3O2. The smallest absolute Gasteiger partial charge is 0.242 e. The van der Waals surface area contributed by atoms with Crippen LogP contribution in [0.2, 0.25) is 0 Å². The number of hydrogen-bond donors (Lipinski definition) is 1. The van der Waals surface area contributed by atoms with Crippen LogP contribution in [0.15, 0.2) is 45.6 Å². The third kappa shape index (κ3) is 2.62. The number of benzene rings is 1. The first-order valence-corrected chi connectivity index (χ1v) is 7.20. The summed E-state index contributed by atoms with van der Waals surface area (Å²) in [6.45, 7) is 2.03. The molecule has 20 heavy (non-hydrogen) atoms. The number of hydrogen-bond acceptors (Lipinski definition) is 4. The number of nitrogens with zero attached hydrogens (tertiary/aromatic N) is 2. The first-order chi connectivity index (χ1) is 9.75. The van der Waals surface area contributed by atoms with Gasteiger partial charge in [0.2, 0.25) is 5.91 Å². The van der Waals surface area contributed by atoms with E-state index in [1.54, 1.807) is 6.26 Å². The summed E-state index contributed by atoms with van der Waals surface area (Å²) in [7, 11) is 0. The molecule has 1 aliphatic heterocycles. The van der Waals surface area contributed by atoms with Crippen LogP contribution in [0.25, 0.3) is 0 Å². The number of aromatic nitrogens is 1. The van der Waals surface area contributed by atoms with Crippen LogP contribution < -0.4 is 5.32 Å². The summed E-state index contributed by atoms with van der Waals surface area (Å²) in [6.07, 6.45) is 1.55. The second-order valence-electron chi connectivity index (χ2n) is 4.68. The lowest BCUT2D eigenvalue weighted by Crippen LogP contribution is -2.49. The van der Waals surface area contributed by atoms with E-state index in [0.29, 0.717) is 13.1 Å². The van der Waals surface area contributed by atoms with E-state index >= 15 is 0 Å². The Morgan fingerprint density at radius 3 is 3.00 bits per heavy atom. The van der Waals surface area contributed by atoms with Crippen molar-refractivity contribution in [2.24, 2.45) is 0 Å². The molecule has 3 rings (SSSR count). The Balaban J connectivity index is 1.91. The molecule has 1 aliphatic rings. The molecule has 0 aliphatic carbocycles. The predicted molar refractivity (Wildman–Crippen MR) is 76.8 cm³/mol. The van der Waals surface area contributed by atoms with Crippen molar-refractivity contribution < 1.29 is 9.32 Å². The molecule has 1 atom stereocenters. The average Bonchev–Trinajstić information content (AvgIpc) is 2.93. The molecule has 0 radical (unpaired) electrons. The number of carbonyl (C=O) groups is 1. The Morgan fingerprint density at radius 1 is 1.40 bits per heavy atom. The lowest BCUT2D eigenvalue weighted by Gasteiger charge is -2.35. The molecule has 0 saturated carbocycles. The number of halogens is 1. The average molecular weight is 336 g/mol. The van der Waals surface area contributed by atoms with Crippen LogP contribution in [0.4, 0.5) is 0 Å². The largest absolute Gasteiger partial charge is 0.364 e. The highest BCUT2D eigenvalue weighted by Crippen LogP contribution is 2.30. The highest BCUT2D eigenvalue weighted by molar-refractivity contribution is 9.10. The van der Waals surface area contributed by atoms with Crippen molar-refractivity contribution in [3.8, 4) is 0 Å². The molecule has 1 amide bonds. The molecule has 2 aromatic rings. The summed E-state index contributed by atoms with van der Waals surface area (Å²) in [6, 6.07) is 9.31. The minimum atomic E-state index is -0.309. The van der Waals surface area contributed by atoms with Gasteiger partial charge in [-0.25, -0.2) is 0 Å². The fourth-order valence-corrected chi connectivity index (χ4v) is 2.95. The van der Waals surface area contributed by atoms with Gasteiger partial charge in [-0.3, -0.25) is 9.69 Å². The van der Waals surface area contributed by atoms with Crippen LogP contribution in [0.5, 0.6) is 0 Å². The van der Waals surface area contributed by atoms with Crippen molar-refractivity contribution in [1.82, 2.24) is 15.4 Å². The Bertz CT molecular complexity index is 600. The Labute approximate surface area is 125 Å². The minimum absolute atomic E-state index is 0.0200. The lowest BCUT2D eigenvalue weighted by molar-refractivity contribution is -0.129. The van der Waals surface area contributed by atoms with Crippen LogP contribution in [-0.4, -0.2) is 29.1 Å². The minimum Gasteiger partial charge on any atom is -0.364 e. The van der Waals surface area contributed by atoms with E-state index < -0.39 is 0 Å². The van der Waals surface area contributed by atoms with Gasteiger partial charge in [0.05, 0.1) is 5.69 Å². The topological polar surface area (TPSA) is 58.4 Å². The Kier molecular flexibility index (Phi) is 3.84. The van der Waals surface area contributed by atoms with Gasteiger partial charge in [-0.1, -0.05) is 39.3 Å². The molecule has 0 bridgehead atoms. The van der Waals surface area contributed by atoms with Crippen LogP contribution in [0.1, 0.15) is 17.3 Å². The van der Waals surface area contributed by atoms with Gasteiger partial charge in [-0.05, 0) is 11.6 Å². The molecule has 1 aromatic heterocycles. The van der Waals surface area contributed by atoms with Gasteiger partial charge < -0.3 is 9.84 Å². The molecule has 1 fully saturated rings. The third-order valence-corrected chi connectivity index (χ3v) is 4.09. The van der Waals surface area contributed by atoms with Gasteiger partial charge in [0.25, 0.3) is 0 Å². The summed E-state index contributed by atoms with van der Waals surface area (Å²) in [4.78, 5) is 14.4. The zero-order chi connectivity index (χ0) is 13.9. The molecule has 6 heteroatoms. The van der Waals surface area contributed by atoms with Crippen molar-refractivity contribution in [3.05, 3.63) is 52.3 Å². The fourth-order valence-electron chi connectivity index (χ4n) is 2.45. The van der Waals surface area contributed by atoms with Crippen molar-refractivity contribution in [1.29, 1.82) is 0 Å². The summed E-state index contributed by atoms with van der Waals surface area (Å²) < 4.78 is 5.80. The second-order valence-corrected chi connectivity index (χ2v) is 5.53. The molecule has 104 valence electrons. The zero-order valence-corrected chi connectivity index (χ0v) is 12.3. The van der Waals surface area contributed by atoms with E-state index in [9.17, 15) is 4.79 Å². The summed E-state index contributed by atoms with van der Waals surface area (Å²) in [5.74, 6) is 0.0200. The van der Waals surface area contributed by atoms with E-state index in [1.807, 2.05) is 30.3 Å². The first kappa shape index (κ1) is 13.3. The SMILES string of the molecule is O=C1NCCN(Cc2ccon2)[C@@H]1c1ccccc1Br. The second kappa shape index (κ2) is 5.76. The normalized spacial score (nSPS) is 19.9. The van der Waals surface area contributed by atoms with Crippen molar-refractivity contribution in [3.63, 3.8) is 0 Å². The number of carbonyl (C=O) groups excluding carboxylic acids is 1. The van der Waals surface area contributed by atoms with Crippen LogP contribution in [-0.2, 0) is 11.3 Å². The molecule has 1 N–H and O–H groups in total. The first-order valence-electron chi connectivity index (χ1n) is 6.41. The molecular weight excluding hydrogens is 322 g/mol. The van der Waals surface area contributed by atoms with E-state index in [4.69, 9.17) is 4.52 Å². The van der Waals surface area contributed by atoms with Crippen LogP contribution >= 0.6 is 15.9 Å². The monoisotopic (exact) mass is 335 g/mol. The van der Waals surface area contributed by atoms with Crippen molar-refractivity contribution >= 4 is 21.8 Å². The van der Waals surface area contributed by atoms with Gasteiger partial charge in [-0.15, -0.1) is 0 Å². The van der Waals surface area contributed by atoms with Gasteiger partial charge in [0.1, 0.15) is 12.3 Å². The van der Waals surface area contributed by atoms with E-state index in [0.717, 1.165) is 22.3 Å². The van der Waals surface area contributed by atoms with Crippen molar-refractivity contribution in [2.75, 3.05) is 13.1 Å². The van der Waals surface area contributed by atoms with E-state index in [2.05, 4.69) is 31.3 Å². The Hall–Kier alpha value is -1.66. The van der Waals surface area contributed by atoms with Crippen LogP contribution in [0, 0.1) is 0 Å². The maximum atomic E-state index is 12.3. The summed E-state index contributed by atoms with van der Waals surface area (Å²) in [5.41, 5.74) is 1.80. The van der Waals surface area contributed by atoms with Gasteiger partial charge >= 0.3 is 0 Å². The molecule has 2 heterocycles. The van der Waals surface area contributed by atoms with Gasteiger partial charge in [0, 0.05) is 30.2 Å². The highest BCUT2D eigenvalue weighted by atomic mass is 79.9. The van der Waals surface area contributed by atoms with Gasteiger partial charge in [0.15, 0.2) is 0 Å². The van der Waals surface area contributed by atoms with E-state index in [-0.39, 0.29) is 11.9 Å². The molecule has 1 aromatic carbocycles. The number of amides is 1. The van der Waals surface area contributed by atoms with E-state index in [1.165, 1.54) is 0 Å². The maximum absolute atomic E-state index is 12.3. The van der Waals surface area contributed by atoms with Gasteiger partial charge in [-0.2, -0.15) is 0 Å². The quantitative estimate of drug-likeness (QED) is 0.933. The summed E-state index contributed by atoms with van der Waals surface area (Å²) in [5, 5.41) is 6.85. The molecule has 5 nitrogen and oxygen atoms in total. The number of piperazine rings is 1. The number of nitrogens with one attached hydrogen (secondary N) is 1. The Morgan fingerprint density at radius 2 is 2.25 bits per heavy atom. The predicted octanol–water partition coefficient (Wildman–Crippen LogP) is 2.11. The van der Waals surface area contributed by atoms with Crippen LogP contribution in [0.3, 0.4) is 0 Å². The third-order valence-electron chi connectivity index (χ3n) is 3.37.